The third-order valence-corrected chi connectivity index (χ3v) is 5.76. The molecule has 0 atom stereocenters. The predicted octanol–water partition coefficient (Wildman–Crippen LogP) is 4.47. The Labute approximate surface area is 168 Å². The monoisotopic (exact) mass is 389 g/mol. The van der Waals surface area contributed by atoms with Crippen molar-refractivity contribution in [3.8, 4) is 17.1 Å². The van der Waals surface area contributed by atoms with Crippen molar-refractivity contribution in [2.24, 2.45) is 5.92 Å². The summed E-state index contributed by atoms with van der Waals surface area (Å²) in [5.74, 6) is 0.930. The van der Waals surface area contributed by atoms with Gasteiger partial charge in [-0.3, -0.25) is 0 Å². The minimum absolute atomic E-state index is 0.407. The van der Waals surface area contributed by atoms with Crippen molar-refractivity contribution in [1.29, 1.82) is 0 Å². The van der Waals surface area contributed by atoms with E-state index in [-0.39, 0.29) is 0 Å². The van der Waals surface area contributed by atoms with Gasteiger partial charge in [-0.25, -0.2) is 9.31 Å². The van der Waals surface area contributed by atoms with E-state index in [9.17, 15) is 4.79 Å². The van der Waals surface area contributed by atoms with E-state index in [1.54, 1.807) is 23.9 Å². The lowest BCUT2D eigenvalue weighted by Crippen LogP contribution is -2.05. The van der Waals surface area contributed by atoms with Crippen LogP contribution in [0.1, 0.15) is 28.8 Å². The quantitative estimate of drug-likeness (QED) is 0.473. The number of methoxy groups -OCH3 is 2. The normalized spacial score (nSPS) is 13.9. The molecule has 0 bridgehead atoms. The van der Waals surface area contributed by atoms with Crippen molar-refractivity contribution in [3.05, 3.63) is 53.7 Å². The van der Waals surface area contributed by atoms with Crippen LogP contribution in [-0.2, 0) is 11.3 Å². The molecule has 0 amide bonds. The number of aromatic nitrogens is 3. The maximum atomic E-state index is 12.1. The third-order valence-electron chi connectivity index (χ3n) is 5.76. The molecule has 6 nitrogen and oxygen atoms in total. The fraction of sp³-hybridized carbons (Fsp3) is 0.304. The van der Waals surface area contributed by atoms with Crippen molar-refractivity contribution >= 4 is 22.4 Å². The molecule has 3 heterocycles. The molecule has 1 saturated carbocycles. The number of carbonyl (C=O) groups excluding carboxylic acids is 1. The van der Waals surface area contributed by atoms with Crippen molar-refractivity contribution < 1.29 is 14.3 Å². The molecule has 148 valence electrons. The Kier molecular flexibility index (Phi) is 4.08. The molecule has 1 aromatic carbocycles. The number of esters is 1. The van der Waals surface area contributed by atoms with Gasteiger partial charge in [0.05, 0.1) is 25.5 Å². The maximum Gasteiger partial charge on any atom is 0.339 e. The molecular formula is C23H23N3O3. The van der Waals surface area contributed by atoms with E-state index in [1.807, 2.05) is 0 Å². The van der Waals surface area contributed by atoms with Crippen LogP contribution in [0.5, 0.6) is 5.75 Å². The molecule has 0 radical (unpaired) electrons. The van der Waals surface area contributed by atoms with Crippen LogP contribution < -0.4 is 4.74 Å². The number of nitrogens with zero attached hydrogens (tertiary/aromatic N) is 3. The number of hydrogen-bond donors (Lipinski definition) is 0. The average Bonchev–Trinajstić information content (AvgIpc) is 3.41. The Bertz CT molecular complexity index is 1250. The first-order chi connectivity index (χ1) is 14.1. The van der Waals surface area contributed by atoms with Crippen LogP contribution in [0.15, 0.2) is 42.6 Å². The van der Waals surface area contributed by atoms with E-state index in [2.05, 4.69) is 41.8 Å². The number of ether oxygens (including phenoxy) is 2. The largest absolute Gasteiger partial charge is 0.494 e. The van der Waals surface area contributed by atoms with E-state index >= 15 is 0 Å². The number of hydrogen-bond acceptors (Lipinski definition) is 4. The first kappa shape index (κ1) is 17.8. The molecule has 5 rings (SSSR count). The van der Waals surface area contributed by atoms with Gasteiger partial charge >= 0.3 is 5.97 Å². The van der Waals surface area contributed by atoms with Gasteiger partial charge in [-0.15, -0.1) is 0 Å². The maximum absolute atomic E-state index is 12.1. The fourth-order valence-electron chi connectivity index (χ4n) is 4.08. The van der Waals surface area contributed by atoms with E-state index < -0.39 is 5.97 Å². The highest BCUT2D eigenvalue weighted by Gasteiger charge is 2.26. The van der Waals surface area contributed by atoms with Gasteiger partial charge in [-0.2, -0.15) is 5.10 Å². The van der Waals surface area contributed by atoms with Crippen LogP contribution in [0.2, 0.25) is 0 Å². The highest BCUT2D eigenvalue weighted by Crippen LogP contribution is 2.38. The lowest BCUT2D eigenvalue weighted by Gasteiger charge is -2.09. The summed E-state index contributed by atoms with van der Waals surface area (Å²) < 4.78 is 14.6. The van der Waals surface area contributed by atoms with Gasteiger partial charge in [-0.1, -0.05) is 18.2 Å². The summed E-state index contributed by atoms with van der Waals surface area (Å²) in [6, 6.07) is 12.4. The molecule has 0 spiro atoms. The van der Waals surface area contributed by atoms with Crippen LogP contribution in [0, 0.1) is 12.8 Å². The van der Waals surface area contributed by atoms with Crippen molar-refractivity contribution in [3.63, 3.8) is 0 Å². The average molecular weight is 389 g/mol. The smallest absolute Gasteiger partial charge is 0.339 e. The summed E-state index contributed by atoms with van der Waals surface area (Å²) in [6.07, 6.45) is 4.27. The van der Waals surface area contributed by atoms with E-state index in [4.69, 9.17) is 14.6 Å². The minimum atomic E-state index is -0.414. The Morgan fingerprint density at radius 1 is 1.21 bits per heavy atom. The van der Waals surface area contributed by atoms with Gasteiger partial charge in [0.25, 0.3) is 0 Å². The van der Waals surface area contributed by atoms with Gasteiger partial charge in [0.15, 0.2) is 0 Å². The molecule has 0 unspecified atom stereocenters. The zero-order valence-corrected chi connectivity index (χ0v) is 16.8. The summed E-state index contributed by atoms with van der Waals surface area (Å²) in [7, 11) is 2.97. The Hall–Kier alpha value is -3.28. The molecule has 1 aliphatic rings. The standard InChI is InChI=1S/C23H23N3O3/c1-14-21(24-26-13-17(23(27)29-3)11-20(28-2)22(14)26)19-10-16-6-4-5-7-18(16)25(19)12-15-8-9-15/h4-7,10-11,13,15H,8-9,12H2,1-3H3. The highest BCUT2D eigenvalue weighted by molar-refractivity contribution is 5.92. The third kappa shape index (κ3) is 2.87. The second kappa shape index (κ2) is 6.65. The number of pyridine rings is 1. The lowest BCUT2D eigenvalue weighted by atomic mass is 10.1. The molecule has 0 saturated heterocycles. The molecule has 0 aliphatic heterocycles. The molecule has 1 aliphatic carbocycles. The summed E-state index contributed by atoms with van der Waals surface area (Å²) in [5, 5.41) is 6.07. The van der Waals surface area contributed by atoms with Gasteiger partial charge < -0.3 is 14.0 Å². The number of benzene rings is 1. The zero-order chi connectivity index (χ0) is 20.1. The second-order valence-electron chi connectivity index (χ2n) is 7.70. The van der Waals surface area contributed by atoms with Crippen LogP contribution in [0.4, 0.5) is 0 Å². The zero-order valence-electron chi connectivity index (χ0n) is 16.8. The SMILES string of the molecule is COC(=O)c1cc(OC)c2c(C)c(-c3cc4ccccc4n3CC3CC3)nn2c1. The summed E-state index contributed by atoms with van der Waals surface area (Å²) in [5.41, 5.74) is 5.53. The first-order valence-electron chi connectivity index (χ1n) is 9.84. The number of carbonyl (C=O) groups is 1. The summed E-state index contributed by atoms with van der Waals surface area (Å²) >= 11 is 0. The number of aryl methyl sites for hydroxylation is 1. The molecule has 0 N–H and O–H groups in total. The van der Waals surface area contributed by atoms with Crippen LogP contribution in [0.3, 0.4) is 0 Å². The van der Waals surface area contributed by atoms with Crippen LogP contribution in [-0.4, -0.2) is 34.4 Å². The molecular weight excluding hydrogens is 366 g/mol. The Morgan fingerprint density at radius 3 is 2.72 bits per heavy atom. The van der Waals surface area contributed by atoms with E-state index in [0.29, 0.717) is 11.3 Å². The molecule has 3 aromatic heterocycles. The molecule has 29 heavy (non-hydrogen) atoms. The van der Waals surface area contributed by atoms with Crippen LogP contribution in [0.25, 0.3) is 27.8 Å². The van der Waals surface area contributed by atoms with Gasteiger partial charge in [0.2, 0.25) is 0 Å². The fourth-order valence-corrected chi connectivity index (χ4v) is 4.08. The molecule has 1 fully saturated rings. The highest BCUT2D eigenvalue weighted by atomic mass is 16.5. The first-order valence-corrected chi connectivity index (χ1v) is 9.84. The Balaban J connectivity index is 1.75. The topological polar surface area (TPSA) is 57.8 Å². The van der Waals surface area contributed by atoms with Crippen molar-refractivity contribution in [2.45, 2.75) is 26.3 Å². The summed E-state index contributed by atoms with van der Waals surface area (Å²) in [6.45, 7) is 3.05. The number of fused-ring (bicyclic) bond motifs is 2. The van der Waals surface area contributed by atoms with E-state index in [1.165, 1.54) is 30.9 Å². The summed E-state index contributed by atoms with van der Waals surface area (Å²) in [4.78, 5) is 12.1. The lowest BCUT2D eigenvalue weighted by molar-refractivity contribution is 0.0599. The predicted molar refractivity (Wildman–Crippen MR) is 111 cm³/mol. The van der Waals surface area contributed by atoms with Gasteiger partial charge in [-0.05, 0) is 43.9 Å². The van der Waals surface area contributed by atoms with Crippen molar-refractivity contribution in [2.75, 3.05) is 14.2 Å². The van der Waals surface area contributed by atoms with Gasteiger partial charge in [0, 0.05) is 29.2 Å². The molecule has 6 heteroatoms. The van der Waals surface area contributed by atoms with Gasteiger partial charge in [0.1, 0.15) is 17.0 Å². The number of para-hydroxylation sites is 1. The van der Waals surface area contributed by atoms with Crippen molar-refractivity contribution in [1.82, 2.24) is 14.2 Å². The Morgan fingerprint density at radius 2 is 2.00 bits per heavy atom. The molecule has 4 aromatic rings. The van der Waals surface area contributed by atoms with Crippen LogP contribution >= 0.6 is 0 Å². The second-order valence-corrected chi connectivity index (χ2v) is 7.70. The van der Waals surface area contributed by atoms with E-state index in [0.717, 1.165) is 34.9 Å². The number of rotatable bonds is 5. The minimum Gasteiger partial charge on any atom is -0.494 e.